The molecule has 7 nitrogen and oxygen atoms in total. The molecule has 0 aliphatic carbocycles. The molecule has 0 aliphatic heterocycles. The Bertz CT molecular complexity index is 920. The summed E-state index contributed by atoms with van der Waals surface area (Å²) in [4.78, 5) is 25.8. The second-order valence-corrected chi connectivity index (χ2v) is 6.06. The number of benzene rings is 1. The van der Waals surface area contributed by atoms with Gasteiger partial charge < -0.3 is 14.3 Å². The Hall–Kier alpha value is -3.22. The highest BCUT2D eigenvalue weighted by atomic mass is 16.6. The summed E-state index contributed by atoms with van der Waals surface area (Å²) in [7, 11) is 2.84. The fourth-order valence-corrected chi connectivity index (χ4v) is 2.63. The highest BCUT2D eigenvalue weighted by molar-refractivity contribution is 6.16. The lowest BCUT2D eigenvalue weighted by Gasteiger charge is -2.14. The van der Waals surface area contributed by atoms with E-state index in [1.807, 2.05) is 38.1 Å². The first-order valence-electron chi connectivity index (χ1n) is 8.82. The summed E-state index contributed by atoms with van der Waals surface area (Å²) in [5.41, 5.74) is 4.28. The molecule has 0 aliphatic rings. The summed E-state index contributed by atoms with van der Waals surface area (Å²) in [6.07, 6.45) is 1.73. The number of carbonyl (C=O) groups is 1. The van der Waals surface area contributed by atoms with Crippen LogP contribution in [0.2, 0.25) is 0 Å². The SMILES string of the molecule is C/C=C(\C(=O)OC)c1ccccc1COc1nc(/C(C)=N\OC)nc(C)c1C. The number of nitrogens with zero attached hydrogens (tertiary/aromatic N) is 3. The van der Waals surface area contributed by atoms with Crippen LogP contribution in [0.3, 0.4) is 0 Å². The van der Waals surface area contributed by atoms with Gasteiger partial charge in [-0.2, -0.15) is 4.98 Å². The Morgan fingerprint density at radius 1 is 1.18 bits per heavy atom. The third-order valence-corrected chi connectivity index (χ3v) is 4.26. The van der Waals surface area contributed by atoms with Gasteiger partial charge in [0.05, 0.1) is 12.7 Å². The van der Waals surface area contributed by atoms with Crippen molar-refractivity contribution in [2.45, 2.75) is 34.3 Å². The Kier molecular flexibility index (Phi) is 7.26. The molecule has 2 rings (SSSR count). The van der Waals surface area contributed by atoms with E-state index in [0.29, 0.717) is 23.0 Å². The minimum Gasteiger partial charge on any atom is -0.472 e. The third kappa shape index (κ3) is 4.73. The molecule has 0 radical (unpaired) electrons. The number of hydrogen-bond donors (Lipinski definition) is 0. The fourth-order valence-electron chi connectivity index (χ4n) is 2.63. The zero-order valence-electron chi connectivity index (χ0n) is 17.1. The number of ether oxygens (including phenoxy) is 2. The first-order chi connectivity index (χ1) is 13.4. The molecular formula is C21H25N3O4. The van der Waals surface area contributed by atoms with E-state index in [1.165, 1.54) is 14.2 Å². The van der Waals surface area contributed by atoms with E-state index in [9.17, 15) is 4.79 Å². The van der Waals surface area contributed by atoms with Crippen molar-refractivity contribution < 1.29 is 19.1 Å². The van der Waals surface area contributed by atoms with Crippen LogP contribution in [0.1, 0.15) is 42.1 Å². The second-order valence-electron chi connectivity index (χ2n) is 6.06. The molecule has 2 aromatic rings. The number of carbonyl (C=O) groups excluding carboxylic acids is 1. The van der Waals surface area contributed by atoms with Crippen molar-refractivity contribution in [3.05, 3.63) is 58.6 Å². The van der Waals surface area contributed by atoms with Crippen molar-refractivity contribution in [2.24, 2.45) is 5.16 Å². The zero-order chi connectivity index (χ0) is 20.7. The van der Waals surface area contributed by atoms with Crippen LogP contribution in [-0.4, -0.2) is 35.9 Å². The predicted molar refractivity (Wildman–Crippen MR) is 107 cm³/mol. The molecular weight excluding hydrogens is 358 g/mol. The molecule has 0 saturated carbocycles. The van der Waals surface area contributed by atoms with Gasteiger partial charge in [0.15, 0.2) is 5.82 Å². The topological polar surface area (TPSA) is 82.9 Å². The number of hydrogen-bond acceptors (Lipinski definition) is 7. The lowest BCUT2D eigenvalue weighted by Crippen LogP contribution is -2.11. The van der Waals surface area contributed by atoms with Gasteiger partial charge in [0.1, 0.15) is 19.4 Å². The quantitative estimate of drug-likeness (QED) is 0.314. The van der Waals surface area contributed by atoms with Gasteiger partial charge in [-0.3, -0.25) is 0 Å². The molecule has 1 aromatic heterocycles. The Balaban J connectivity index is 2.35. The Morgan fingerprint density at radius 3 is 2.54 bits per heavy atom. The van der Waals surface area contributed by atoms with E-state index in [0.717, 1.165) is 22.4 Å². The van der Waals surface area contributed by atoms with Crippen LogP contribution in [0.4, 0.5) is 0 Å². The zero-order valence-corrected chi connectivity index (χ0v) is 17.1. The largest absolute Gasteiger partial charge is 0.472 e. The van der Waals surface area contributed by atoms with Gasteiger partial charge in [-0.1, -0.05) is 35.5 Å². The maximum absolute atomic E-state index is 12.1. The number of oxime groups is 1. The lowest BCUT2D eigenvalue weighted by molar-refractivity contribution is -0.133. The summed E-state index contributed by atoms with van der Waals surface area (Å²) < 4.78 is 10.9. The highest BCUT2D eigenvalue weighted by Crippen LogP contribution is 2.24. The molecule has 28 heavy (non-hydrogen) atoms. The average molecular weight is 383 g/mol. The average Bonchev–Trinajstić information content (AvgIpc) is 2.70. The van der Waals surface area contributed by atoms with Crippen LogP contribution in [-0.2, 0) is 21.0 Å². The van der Waals surface area contributed by atoms with Crippen LogP contribution < -0.4 is 4.74 Å². The number of methoxy groups -OCH3 is 1. The van der Waals surface area contributed by atoms with Crippen molar-refractivity contribution in [1.29, 1.82) is 0 Å². The Labute approximate surface area is 165 Å². The van der Waals surface area contributed by atoms with Crippen LogP contribution in [0.5, 0.6) is 5.88 Å². The second kappa shape index (κ2) is 9.64. The van der Waals surface area contributed by atoms with Gasteiger partial charge in [-0.05, 0) is 38.8 Å². The summed E-state index contributed by atoms with van der Waals surface area (Å²) in [6, 6.07) is 7.53. The van der Waals surface area contributed by atoms with Gasteiger partial charge in [0, 0.05) is 11.3 Å². The molecule has 0 N–H and O–H groups in total. The first kappa shape index (κ1) is 21.1. The molecule has 1 heterocycles. The van der Waals surface area contributed by atoms with E-state index < -0.39 is 5.97 Å². The number of rotatable bonds is 7. The van der Waals surface area contributed by atoms with Crippen LogP contribution in [0.15, 0.2) is 35.5 Å². The van der Waals surface area contributed by atoms with Gasteiger partial charge in [0.2, 0.25) is 5.88 Å². The molecule has 1 aromatic carbocycles. The number of aryl methyl sites for hydroxylation is 1. The molecule has 0 saturated heterocycles. The molecule has 7 heteroatoms. The number of aromatic nitrogens is 2. The van der Waals surface area contributed by atoms with Crippen molar-refractivity contribution in [1.82, 2.24) is 9.97 Å². The van der Waals surface area contributed by atoms with Gasteiger partial charge in [0.25, 0.3) is 0 Å². The number of esters is 1. The molecule has 0 fully saturated rings. The maximum atomic E-state index is 12.1. The summed E-state index contributed by atoms with van der Waals surface area (Å²) in [5.74, 6) is 0.512. The maximum Gasteiger partial charge on any atom is 0.338 e. The molecule has 0 spiro atoms. The van der Waals surface area contributed by atoms with Crippen LogP contribution in [0, 0.1) is 13.8 Å². The normalized spacial score (nSPS) is 11.9. The standard InChI is InChI=1S/C21H25N3O4/c1-7-17(21(25)26-5)18-11-9-8-10-16(18)12-28-20-13(2)14(3)22-19(23-20)15(4)24-27-6/h7-11H,12H2,1-6H3/b17-7-,24-15-. The first-order valence-corrected chi connectivity index (χ1v) is 8.82. The van der Waals surface area contributed by atoms with Gasteiger partial charge >= 0.3 is 5.97 Å². The Morgan fingerprint density at radius 2 is 1.89 bits per heavy atom. The molecule has 0 unspecified atom stereocenters. The fraction of sp³-hybridized carbons (Fsp3) is 0.333. The van der Waals surface area contributed by atoms with E-state index in [4.69, 9.17) is 14.3 Å². The van der Waals surface area contributed by atoms with E-state index in [2.05, 4.69) is 15.1 Å². The van der Waals surface area contributed by atoms with Crippen molar-refractivity contribution in [3.63, 3.8) is 0 Å². The molecule has 0 bridgehead atoms. The summed E-state index contributed by atoms with van der Waals surface area (Å²) in [6.45, 7) is 7.58. The molecule has 0 amide bonds. The minimum absolute atomic E-state index is 0.238. The van der Waals surface area contributed by atoms with Crippen molar-refractivity contribution in [2.75, 3.05) is 14.2 Å². The minimum atomic E-state index is -0.391. The number of allylic oxidation sites excluding steroid dienone is 1. The van der Waals surface area contributed by atoms with E-state index in [-0.39, 0.29) is 6.61 Å². The van der Waals surface area contributed by atoms with Gasteiger partial charge in [-0.25, -0.2) is 9.78 Å². The molecule has 0 atom stereocenters. The third-order valence-electron chi connectivity index (χ3n) is 4.26. The van der Waals surface area contributed by atoms with Crippen molar-refractivity contribution >= 4 is 17.3 Å². The van der Waals surface area contributed by atoms with E-state index in [1.54, 1.807) is 19.9 Å². The smallest absolute Gasteiger partial charge is 0.338 e. The van der Waals surface area contributed by atoms with Gasteiger partial charge in [-0.15, -0.1) is 0 Å². The molecule has 148 valence electrons. The predicted octanol–water partition coefficient (Wildman–Crippen LogP) is 3.62. The van der Waals surface area contributed by atoms with Crippen LogP contribution in [0.25, 0.3) is 5.57 Å². The summed E-state index contributed by atoms with van der Waals surface area (Å²) in [5, 5.41) is 3.88. The summed E-state index contributed by atoms with van der Waals surface area (Å²) >= 11 is 0. The van der Waals surface area contributed by atoms with Crippen molar-refractivity contribution in [3.8, 4) is 5.88 Å². The monoisotopic (exact) mass is 383 g/mol. The van der Waals surface area contributed by atoms with Crippen LogP contribution >= 0.6 is 0 Å². The van der Waals surface area contributed by atoms with E-state index >= 15 is 0 Å². The highest BCUT2D eigenvalue weighted by Gasteiger charge is 2.17. The lowest BCUT2D eigenvalue weighted by atomic mass is 10.00.